The number of carboxylic acids is 2. The highest BCUT2D eigenvalue weighted by atomic mass is 35.5. The molecule has 0 radical (unpaired) electrons. The molecule has 1 saturated heterocycles. The molecule has 2 aromatic carbocycles. The first-order valence-electron chi connectivity index (χ1n) is 13.8. The SMILES string of the molecule is CC(C)(C)[Si](C)(C)Oc1ccc(Cl)c(CC(CN2CCC3(CC2)OCc2ccccc23)C(=O)O)c1.O=C(O)C(F)(F)F. The fourth-order valence-electron chi connectivity index (χ4n) is 4.92. The number of aliphatic carboxylic acids is 2. The molecule has 0 aliphatic carbocycles. The third-order valence-electron chi connectivity index (χ3n) is 8.41. The van der Waals surface area contributed by atoms with Gasteiger partial charge in [-0.15, -0.1) is 0 Å². The van der Waals surface area contributed by atoms with E-state index in [9.17, 15) is 23.1 Å². The van der Waals surface area contributed by atoms with Gasteiger partial charge in [-0.3, -0.25) is 4.79 Å². The lowest BCUT2D eigenvalue weighted by Gasteiger charge is -2.40. The molecule has 1 unspecified atom stereocenters. The van der Waals surface area contributed by atoms with E-state index < -0.39 is 32.4 Å². The zero-order valence-electron chi connectivity index (χ0n) is 24.6. The van der Waals surface area contributed by atoms with Gasteiger partial charge in [0.25, 0.3) is 0 Å². The Morgan fingerprint density at radius 1 is 1.10 bits per heavy atom. The standard InChI is InChI=1S/C28H38ClNO4Si.C2HF3O2/c1-27(2,3)35(4,5)34-23-10-11-25(29)21(17-23)16-22(26(31)32)18-30-14-12-28(13-15-30)24-9-7-6-8-20(24)19-33-28;3-2(4,5)1(6)7/h6-11,17,22H,12-16,18-19H2,1-5H3,(H,31,32);(H,6,7). The molecule has 1 spiro atoms. The summed E-state index contributed by atoms with van der Waals surface area (Å²) < 4.78 is 44.5. The van der Waals surface area contributed by atoms with Crippen molar-refractivity contribution in [2.24, 2.45) is 5.92 Å². The van der Waals surface area contributed by atoms with Crippen molar-refractivity contribution in [2.75, 3.05) is 19.6 Å². The first-order valence-corrected chi connectivity index (χ1v) is 17.1. The Kier molecular flexibility index (Phi) is 10.4. The molecule has 0 amide bonds. The lowest BCUT2D eigenvalue weighted by molar-refractivity contribution is -0.192. The Bertz CT molecular complexity index is 1270. The average molecular weight is 630 g/mol. The predicted octanol–water partition coefficient (Wildman–Crippen LogP) is 7.12. The Labute approximate surface area is 250 Å². The van der Waals surface area contributed by atoms with Crippen LogP contribution in [0.4, 0.5) is 13.2 Å². The summed E-state index contributed by atoms with van der Waals surface area (Å²) in [4.78, 5) is 23.4. The van der Waals surface area contributed by atoms with Crippen LogP contribution in [-0.4, -0.2) is 61.2 Å². The molecule has 2 heterocycles. The van der Waals surface area contributed by atoms with Crippen LogP contribution >= 0.6 is 11.6 Å². The summed E-state index contributed by atoms with van der Waals surface area (Å²) in [6.07, 6.45) is -2.94. The first-order chi connectivity index (χ1) is 19.3. The summed E-state index contributed by atoms with van der Waals surface area (Å²) in [6.45, 7) is 13.8. The van der Waals surface area contributed by atoms with Crippen LogP contribution in [-0.2, 0) is 33.0 Å². The van der Waals surface area contributed by atoms with E-state index in [-0.39, 0.29) is 10.6 Å². The smallest absolute Gasteiger partial charge is 0.490 e. The quantitative estimate of drug-likeness (QED) is 0.315. The van der Waals surface area contributed by atoms with E-state index in [1.54, 1.807) is 0 Å². The van der Waals surface area contributed by atoms with Gasteiger partial charge in [-0.2, -0.15) is 13.2 Å². The summed E-state index contributed by atoms with van der Waals surface area (Å²) in [7, 11) is -2.00. The van der Waals surface area contributed by atoms with Gasteiger partial charge in [0, 0.05) is 24.7 Å². The molecule has 4 rings (SSSR count). The van der Waals surface area contributed by atoms with Crippen molar-refractivity contribution in [2.45, 2.75) is 76.6 Å². The number of fused-ring (bicyclic) bond motifs is 2. The minimum Gasteiger partial charge on any atom is -0.543 e. The largest absolute Gasteiger partial charge is 0.543 e. The van der Waals surface area contributed by atoms with Crippen LogP contribution < -0.4 is 4.43 Å². The zero-order valence-corrected chi connectivity index (χ0v) is 26.3. The minimum atomic E-state index is -5.08. The van der Waals surface area contributed by atoms with E-state index in [2.05, 4.69) is 63.0 Å². The lowest BCUT2D eigenvalue weighted by Crippen LogP contribution is -2.45. The number of benzene rings is 2. The number of piperidine rings is 1. The normalized spacial score (nSPS) is 17.6. The number of halogens is 4. The highest BCUT2D eigenvalue weighted by Gasteiger charge is 2.43. The van der Waals surface area contributed by atoms with Crippen LogP contribution in [0.2, 0.25) is 23.2 Å². The number of likely N-dealkylation sites (tertiary alicyclic amines) is 1. The summed E-state index contributed by atoms with van der Waals surface area (Å²) in [5.41, 5.74) is 3.19. The van der Waals surface area contributed by atoms with Crippen molar-refractivity contribution in [3.05, 3.63) is 64.2 Å². The monoisotopic (exact) mass is 629 g/mol. The van der Waals surface area contributed by atoms with Gasteiger partial charge in [0.1, 0.15) is 5.75 Å². The molecule has 2 aliphatic heterocycles. The number of carboxylic acid groups (broad SMARTS) is 2. The second-order valence-corrected chi connectivity index (χ2v) is 17.5. The fourth-order valence-corrected chi connectivity index (χ4v) is 6.14. The predicted molar refractivity (Wildman–Crippen MR) is 156 cm³/mol. The van der Waals surface area contributed by atoms with E-state index in [1.165, 1.54) is 11.1 Å². The van der Waals surface area contributed by atoms with Crippen LogP contribution in [0.1, 0.15) is 50.3 Å². The molecule has 12 heteroatoms. The number of alkyl halides is 3. The number of hydrogen-bond donors (Lipinski definition) is 2. The molecular formula is C30H39ClF3NO6Si. The third kappa shape index (κ3) is 8.27. The Hall–Kier alpha value is -2.60. The highest BCUT2D eigenvalue weighted by molar-refractivity contribution is 6.74. The van der Waals surface area contributed by atoms with E-state index in [0.717, 1.165) is 37.2 Å². The van der Waals surface area contributed by atoms with Gasteiger partial charge >= 0.3 is 18.1 Å². The summed E-state index contributed by atoms with van der Waals surface area (Å²) in [6, 6.07) is 14.1. The van der Waals surface area contributed by atoms with E-state index in [0.29, 0.717) is 24.6 Å². The molecule has 1 atom stereocenters. The van der Waals surface area contributed by atoms with Gasteiger partial charge in [0.05, 0.1) is 18.1 Å². The average Bonchev–Trinajstić information content (AvgIpc) is 3.24. The molecule has 0 aromatic heterocycles. The lowest BCUT2D eigenvalue weighted by atomic mass is 9.83. The van der Waals surface area contributed by atoms with Crippen molar-refractivity contribution in [3.63, 3.8) is 0 Å². The summed E-state index contributed by atoms with van der Waals surface area (Å²) in [5.74, 6) is -3.31. The second-order valence-electron chi connectivity index (χ2n) is 12.4. The molecule has 2 N–H and O–H groups in total. The Balaban J connectivity index is 0.000000616. The summed E-state index contributed by atoms with van der Waals surface area (Å²) >= 11 is 6.51. The van der Waals surface area contributed by atoms with Crippen molar-refractivity contribution < 1.29 is 42.1 Å². The zero-order chi connectivity index (χ0) is 31.5. The topological polar surface area (TPSA) is 96.3 Å². The maximum atomic E-state index is 12.2. The van der Waals surface area contributed by atoms with Crippen LogP contribution in [0.25, 0.3) is 0 Å². The first kappa shape index (κ1) is 33.9. The molecule has 1 fully saturated rings. The maximum absolute atomic E-state index is 12.2. The van der Waals surface area contributed by atoms with Gasteiger partial charge in [-0.1, -0.05) is 56.6 Å². The summed E-state index contributed by atoms with van der Waals surface area (Å²) in [5, 5.41) is 17.8. The minimum absolute atomic E-state index is 0.0750. The fraction of sp³-hybridized carbons (Fsp3) is 0.533. The number of hydrogen-bond acceptors (Lipinski definition) is 5. The van der Waals surface area contributed by atoms with Crippen molar-refractivity contribution in [1.82, 2.24) is 4.90 Å². The Morgan fingerprint density at radius 3 is 2.24 bits per heavy atom. The van der Waals surface area contributed by atoms with E-state index in [4.69, 9.17) is 30.7 Å². The molecule has 0 bridgehead atoms. The molecule has 7 nitrogen and oxygen atoms in total. The van der Waals surface area contributed by atoms with Crippen molar-refractivity contribution >= 4 is 31.9 Å². The molecular weight excluding hydrogens is 591 g/mol. The van der Waals surface area contributed by atoms with Crippen LogP contribution in [0.15, 0.2) is 42.5 Å². The third-order valence-corrected chi connectivity index (χ3v) is 13.1. The van der Waals surface area contributed by atoms with Gasteiger partial charge < -0.3 is 24.3 Å². The second kappa shape index (κ2) is 12.9. The maximum Gasteiger partial charge on any atom is 0.490 e. The number of carbonyl (C=O) groups is 2. The van der Waals surface area contributed by atoms with Crippen LogP contribution in [0.3, 0.4) is 0 Å². The van der Waals surface area contributed by atoms with Gasteiger partial charge in [-0.25, -0.2) is 4.79 Å². The highest BCUT2D eigenvalue weighted by Crippen LogP contribution is 2.44. The van der Waals surface area contributed by atoms with Crippen molar-refractivity contribution in [1.29, 1.82) is 0 Å². The van der Waals surface area contributed by atoms with Crippen LogP contribution in [0, 0.1) is 5.92 Å². The van der Waals surface area contributed by atoms with E-state index in [1.807, 2.05) is 18.2 Å². The van der Waals surface area contributed by atoms with Gasteiger partial charge in [-0.05, 0) is 72.3 Å². The molecule has 0 saturated carbocycles. The number of nitrogens with zero attached hydrogens (tertiary/aromatic N) is 1. The van der Waals surface area contributed by atoms with Gasteiger partial charge in [0.2, 0.25) is 8.32 Å². The Morgan fingerprint density at radius 2 is 1.69 bits per heavy atom. The van der Waals surface area contributed by atoms with Gasteiger partial charge in [0.15, 0.2) is 0 Å². The molecule has 2 aliphatic rings. The van der Waals surface area contributed by atoms with Crippen LogP contribution in [0.5, 0.6) is 5.75 Å². The molecule has 2 aromatic rings. The number of ether oxygens (including phenoxy) is 1. The van der Waals surface area contributed by atoms with Crippen molar-refractivity contribution in [3.8, 4) is 5.75 Å². The van der Waals surface area contributed by atoms with E-state index >= 15 is 0 Å². The number of rotatable bonds is 7. The molecule has 232 valence electrons. The molecule has 42 heavy (non-hydrogen) atoms.